The Morgan fingerprint density at radius 2 is 2.17 bits per heavy atom. The van der Waals surface area contributed by atoms with E-state index in [0.29, 0.717) is 17.3 Å². The van der Waals surface area contributed by atoms with Gasteiger partial charge in [0.05, 0.1) is 24.2 Å². The van der Waals surface area contributed by atoms with Crippen LogP contribution < -0.4 is 5.32 Å². The van der Waals surface area contributed by atoms with Gasteiger partial charge in [-0.1, -0.05) is 0 Å². The third-order valence-corrected chi connectivity index (χ3v) is 5.94. The van der Waals surface area contributed by atoms with Crippen molar-refractivity contribution in [1.29, 1.82) is 0 Å². The zero-order valence-electron chi connectivity index (χ0n) is 17.1. The van der Waals surface area contributed by atoms with Crippen LogP contribution in [0.15, 0.2) is 18.5 Å². The molecular formula is C20H28N6O3. The smallest absolute Gasteiger partial charge is 0.410 e. The van der Waals surface area contributed by atoms with E-state index in [2.05, 4.69) is 39.3 Å². The molecule has 9 heteroatoms. The van der Waals surface area contributed by atoms with Crippen molar-refractivity contribution in [3.63, 3.8) is 0 Å². The van der Waals surface area contributed by atoms with Gasteiger partial charge in [-0.25, -0.2) is 9.78 Å². The van der Waals surface area contributed by atoms with E-state index in [1.807, 2.05) is 11.0 Å². The van der Waals surface area contributed by atoms with Crippen molar-refractivity contribution in [2.75, 3.05) is 11.9 Å². The molecule has 2 aliphatic rings. The highest BCUT2D eigenvalue weighted by Crippen LogP contribution is 2.37. The minimum Gasteiger partial charge on any atom is -0.446 e. The number of carbonyl (C=O) groups excluding carboxylic acids is 1. The molecule has 0 spiro atoms. The molecule has 1 aliphatic carbocycles. The SMILES string of the molecule is C[C@H](O)c1cnc(Nc2cc(C3CCC(OC(=O)N4CCC4(C)C)C3)[nH]n2)cn1. The highest BCUT2D eigenvalue weighted by Gasteiger charge is 2.41. The second-order valence-corrected chi connectivity index (χ2v) is 8.57. The van der Waals surface area contributed by atoms with Crippen LogP contribution in [0, 0.1) is 0 Å². The number of aliphatic hydroxyl groups is 1. The molecule has 0 aromatic carbocycles. The van der Waals surface area contributed by atoms with E-state index in [9.17, 15) is 9.90 Å². The average Bonchev–Trinajstić information content (AvgIpc) is 3.30. The first kappa shape index (κ1) is 19.6. The normalized spacial score (nSPS) is 24.1. The van der Waals surface area contributed by atoms with Crippen molar-refractivity contribution in [3.05, 3.63) is 29.8 Å². The van der Waals surface area contributed by atoms with E-state index in [1.54, 1.807) is 13.1 Å². The van der Waals surface area contributed by atoms with E-state index in [0.717, 1.165) is 37.9 Å². The number of anilines is 2. The average molecular weight is 400 g/mol. The first-order valence-electron chi connectivity index (χ1n) is 10.1. The van der Waals surface area contributed by atoms with Gasteiger partial charge < -0.3 is 20.1 Å². The molecule has 4 rings (SSSR count). The number of H-pyrrole nitrogens is 1. The van der Waals surface area contributed by atoms with Crippen LogP contribution in [0.2, 0.25) is 0 Å². The second kappa shape index (κ2) is 7.62. The Labute approximate surface area is 169 Å². The minimum absolute atomic E-state index is 0.0532. The van der Waals surface area contributed by atoms with E-state index in [1.165, 1.54) is 6.20 Å². The fourth-order valence-electron chi connectivity index (χ4n) is 3.90. The van der Waals surface area contributed by atoms with Gasteiger partial charge in [-0.3, -0.25) is 10.1 Å². The lowest BCUT2D eigenvalue weighted by Crippen LogP contribution is -2.58. The Morgan fingerprint density at radius 3 is 2.79 bits per heavy atom. The standard InChI is InChI=1S/C20H28N6O3/c1-12(27)16-10-22-18(11-21-16)23-17-9-15(24-25-17)13-4-5-14(8-13)29-19(28)26-7-6-20(26,2)3/h9-14,27H,4-8H2,1-3H3,(H2,22,23,24,25)/t12-,13?,14?/m0/s1. The highest BCUT2D eigenvalue weighted by atomic mass is 16.6. The molecule has 0 bridgehead atoms. The van der Waals surface area contributed by atoms with Crippen LogP contribution in [0.25, 0.3) is 0 Å². The Hall–Kier alpha value is -2.68. The van der Waals surface area contributed by atoms with Crippen LogP contribution >= 0.6 is 0 Å². The second-order valence-electron chi connectivity index (χ2n) is 8.57. The molecule has 2 aromatic rings. The monoisotopic (exact) mass is 400 g/mol. The largest absolute Gasteiger partial charge is 0.446 e. The van der Waals surface area contributed by atoms with E-state index >= 15 is 0 Å². The number of hydrogen-bond acceptors (Lipinski definition) is 7. The van der Waals surface area contributed by atoms with Gasteiger partial charge in [-0.05, 0) is 46.5 Å². The van der Waals surface area contributed by atoms with Gasteiger partial charge in [0, 0.05) is 29.8 Å². The molecule has 2 unspecified atom stereocenters. The topological polar surface area (TPSA) is 116 Å². The molecule has 1 saturated carbocycles. The van der Waals surface area contributed by atoms with Gasteiger partial charge in [-0.2, -0.15) is 5.10 Å². The molecule has 3 heterocycles. The number of rotatable bonds is 5. The number of carbonyl (C=O) groups is 1. The summed E-state index contributed by atoms with van der Waals surface area (Å²) in [5.41, 5.74) is 1.45. The Morgan fingerprint density at radius 1 is 1.34 bits per heavy atom. The first-order chi connectivity index (χ1) is 13.8. The van der Waals surface area contributed by atoms with Crippen molar-refractivity contribution in [2.45, 2.75) is 70.1 Å². The van der Waals surface area contributed by atoms with Crippen LogP contribution in [-0.2, 0) is 4.74 Å². The number of ether oxygens (including phenoxy) is 1. The van der Waals surface area contributed by atoms with Crippen molar-refractivity contribution in [2.24, 2.45) is 0 Å². The summed E-state index contributed by atoms with van der Waals surface area (Å²) in [5, 5.41) is 20.0. The number of likely N-dealkylation sites (tertiary alicyclic amines) is 1. The molecule has 1 saturated heterocycles. The number of aromatic amines is 1. The lowest BCUT2D eigenvalue weighted by Gasteiger charge is -2.47. The molecule has 1 aliphatic heterocycles. The quantitative estimate of drug-likeness (QED) is 0.705. The summed E-state index contributed by atoms with van der Waals surface area (Å²) in [4.78, 5) is 22.6. The predicted octanol–water partition coefficient (Wildman–Crippen LogP) is 3.25. The molecule has 2 aromatic heterocycles. The summed E-state index contributed by atoms with van der Waals surface area (Å²) in [6.07, 6.45) is 5.83. The van der Waals surface area contributed by atoms with Gasteiger partial charge in [0.15, 0.2) is 5.82 Å². The summed E-state index contributed by atoms with van der Waals surface area (Å²) in [6.45, 7) is 6.56. The highest BCUT2D eigenvalue weighted by molar-refractivity contribution is 5.70. The van der Waals surface area contributed by atoms with Crippen LogP contribution in [0.3, 0.4) is 0 Å². The summed E-state index contributed by atoms with van der Waals surface area (Å²) in [7, 11) is 0. The zero-order valence-corrected chi connectivity index (χ0v) is 17.1. The molecule has 1 amide bonds. The third kappa shape index (κ3) is 4.19. The number of nitrogens with zero attached hydrogens (tertiary/aromatic N) is 4. The van der Waals surface area contributed by atoms with E-state index in [-0.39, 0.29) is 23.7 Å². The van der Waals surface area contributed by atoms with Crippen molar-refractivity contribution < 1.29 is 14.6 Å². The van der Waals surface area contributed by atoms with Gasteiger partial charge >= 0.3 is 6.09 Å². The molecule has 29 heavy (non-hydrogen) atoms. The van der Waals surface area contributed by atoms with Crippen LogP contribution in [-0.4, -0.2) is 54.5 Å². The lowest BCUT2D eigenvalue weighted by atomic mass is 9.90. The fourth-order valence-corrected chi connectivity index (χ4v) is 3.90. The summed E-state index contributed by atoms with van der Waals surface area (Å²) >= 11 is 0. The summed E-state index contributed by atoms with van der Waals surface area (Å²) in [6, 6.07) is 1.96. The predicted molar refractivity (Wildman–Crippen MR) is 107 cm³/mol. The number of aromatic nitrogens is 4. The molecule has 2 fully saturated rings. The fraction of sp³-hybridized carbons (Fsp3) is 0.600. The molecule has 0 radical (unpaired) electrons. The lowest BCUT2D eigenvalue weighted by molar-refractivity contribution is -0.0101. The molecule has 156 valence electrons. The van der Waals surface area contributed by atoms with Crippen molar-refractivity contribution in [3.8, 4) is 0 Å². The van der Waals surface area contributed by atoms with Crippen LogP contribution in [0.4, 0.5) is 16.4 Å². The maximum absolute atomic E-state index is 12.4. The molecule has 3 N–H and O–H groups in total. The van der Waals surface area contributed by atoms with Crippen molar-refractivity contribution >= 4 is 17.7 Å². The number of amides is 1. The zero-order chi connectivity index (χ0) is 20.6. The third-order valence-electron chi connectivity index (χ3n) is 5.94. The maximum Gasteiger partial charge on any atom is 0.410 e. The molecule has 3 atom stereocenters. The van der Waals surface area contributed by atoms with Gasteiger partial charge in [0.2, 0.25) is 0 Å². The van der Waals surface area contributed by atoms with Crippen LogP contribution in [0.1, 0.15) is 69.9 Å². The van der Waals surface area contributed by atoms with Crippen LogP contribution in [0.5, 0.6) is 0 Å². The minimum atomic E-state index is -0.648. The van der Waals surface area contributed by atoms with Gasteiger partial charge in [0.25, 0.3) is 0 Å². The van der Waals surface area contributed by atoms with Gasteiger partial charge in [-0.15, -0.1) is 0 Å². The Kier molecular flexibility index (Phi) is 5.16. The molecular weight excluding hydrogens is 372 g/mol. The summed E-state index contributed by atoms with van der Waals surface area (Å²) in [5.74, 6) is 1.49. The number of hydrogen-bond donors (Lipinski definition) is 3. The maximum atomic E-state index is 12.4. The number of nitrogens with one attached hydrogen (secondary N) is 2. The van der Waals surface area contributed by atoms with Gasteiger partial charge in [0.1, 0.15) is 11.9 Å². The van der Waals surface area contributed by atoms with E-state index < -0.39 is 6.10 Å². The van der Waals surface area contributed by atoms with Crippen molar-refractivity contribution in [1.82, 2.24) is 25.1 Å². The Bertz CT molecular complexity index is 863. The first-order valence-corrected chi connectivity index (χ1v) is 10.1. The summed E-state index contributed by atoms with van der Waals surface area (Å²) < 4.78 is 5.73. The Balaban J connectivity index is 1.31. The number of aliphatic hydroxyl groups excluding tert-OH is 1. The molecule has 9 nitrogen and oxygen atoms in total. The van der Waals surface area contributed by atoms with E-state index in [4.69, 9.17) is 4.74 Å².